The van der Waals surface area contributed by atoms with Gasteiger partial charge in [0.25, 0.3) is 0 Å². The van der Waals surface area contributed by atoms with Crippen LogP contribution in [-0.2, 0) is 9.59 Å². The fraction of sp³-hybridized carbons (Fsp3) is 0.231. The Kier molecular flexibility index (Phi) is 7.15. The normalized spacial score (nSPS) is 14.0. The molecule has 0 aliphatic carbocycles. The molecule has 0 radical (unpaired) electrons. The van der Waals surface area contributed by atoms with E-state index in [-0.39, 0.29) is 11.8 Å². The van der Waals surface area contributed by atoms with Crippen LogP contribution >= 0.6 is 11.6 Å². The minimum Gasteiger partial charge on any atom is -0.457 e. The molecular weight excluding hydrogens is 438 g/mol. The number of benzene rings is 2. The third-order valence-corrected chi connectivity index (χ3v) is 5.84. The number of piperazine rings is 1. The Morgan fingerprint density at radius 2 is 1.73 bits per heavy atom. The van der Waals surface area contributed by atoms with Gasteiger partial charge in [-0.15, -0.1) is 0 Å². The second-order valence-corrected chi connectivity index (χ2v) is 8.21. The van der Waals surface area contributed by atoms with E-state index in [1.54, 1.807) is 18.2 Å². The van der Waals surface area contributed by atoms with Gasteiger partial charge in [0.2, 0.25) is 11.8 Å². The SMILES string of the molecule is CCC(=O)N1CCN(c2ccccc2NC(=O)/C=C/c2ccc(-c3ccc(Cl)cc3)o2)CC1. The molecule has 1 aliphatic heterocycles. The van der Waals surface area contributed by atoms with Gasteiger partial charge in [0.1, 0.15) is 11.5 Å². The first-order valence-corrected chi connectivity index (χ1v) is 11.4. The molecule has 0 atom stereocenters. The average molecular weight is 464 g/mol. The summed E-state index contributed by atoms with van der Waals surface area (Å²) in [5, 5.41) is 3.63. The Morgan fingerprint density at radius 1 is 1.00 bits per heavy atom. The molecule has 1 aromatic heterocycles. The molecule has 1 N–H and O–H groups in total. The van der Waals surface area contributed by atoms with Crippen LogP contribution in [0.15, 0.2) is 71.2 Å². The Labute approximate surface area is 198 Å². The molecule has 0 saturated carbocycles. The fourth-order valence-corrected chi connectivity index (χ4v) is 3.95. The molecule has 7 heteroatoms. The number of hydrogen-bond donors (Lipinski definition) is 1. The minimum atomic E-state index is -0.244. The standard InChI is InChI=1S/C26H26ClN3O3/c1-2-26(32)30-17-15-29(16-18-30)23-6-4-3-5-22(23)28-25(31)14-12-21-11-13-24(33-21)19-7-9-20(27)10-8-19/h3-14H,2,15-18H2,1H3,(H,28,31)/b14-12+. The summed E-state index contributed by atoms with van der Waals surface area (Å²) in [6.07, 6.45) is 3.63. The Morgan fingerprint density at radius 3 is 2.45 bits per heavy atom. The van der Waals surface area contributed by atoms with Crippen LogP contribution in [0.2, 0.25) is 5.02 Å². The van der Waals surface area contributed by atoms with Gasteiger partial charge in [0.05, 0.1) is 11.4 Å². The lowest BCUT2D eigenvalue weighted by atomic mass is 10.2. The second-order valence-electron chi connectivity index (χ2n) is 7.77. The molecule has 33 heavy (non-hydrogen) atoms. The van der Waals surface area contributed by atoms with E-state index in [1.165, 1.54) is 6.08 Å². The van der Waals surface area contributed by atoms with Crippen LogP contribution in [0, 0.1) is 0 Å². The maximum atomic E-state index is 12.6. The van der Waals surface area contributed by atoms with E-state index in [9.17, 15) is 9.59 Å². The van der Waals surface area contributed by atoms with Crippen molar-refractivity contribution in [3.05, 3.63) is 77.5 Å². The van der Waals surface area contributed by atoms with Crippen molar-refractivity contribution in [2.45, 2.75) is 13.3 Å². The summed E-state index contributed by atoms with van der Waals surface area (Å²) in [6, 6.07) is 18.8. The lowest BCUT2D eigenvalue weighted by molar-refractivity contribution is -0.131. The number of halogens is 1. The molecule has 1 saturated heterocycles. The quantitative estimate of drug-likeness (QED) is 0.503. The first kappa shape index (κ1) is 22.7. The predicted molar refractivity (Wildman–Crippen MR) is 132 cm³/mol. The molecular formula is C26H26ClN3O3. The Hall–Kier alpha value is -3.51. The third kappa shape index (κ3) is 5.65. The van der Waals surface area contributed by atoms with Crippen molar-refractivity contribution in [1.29, 1.82) is 0 Å². The van der Waals surface area contributed by atoms with Crippen molar-refractivity contribution < 1.29 is 14.0 Å². The van der Waals surface area contributed by atoms with Crippen molar-refractivity contribution in [2.75, 3.05) is 36.4 Å². The highest BCUT2D eigenvalue weighted by molar-refractivity contribution is 6.30. The molecule has 0 bridgehead atoms. The van der Waals surface area contributed by atoms with Crippen LogP contribution in [0.3, 0.4) is 0 Å². The van der Waals surface area contributed by atoms with Crippen LogP contribution in [0.4, 0.5) is 11.4 Å². The van der Waals surface area contributed by atoms with Crippen LogP contribution in [0.5, 0.6) is 0 Å². The van der Waals surface area contributed by atoms with Gasteiger partial charge in [0.15, 0.2) is 0 Å². The van der Waals surface area contributed by atoms with Gasteiger partial charge in [-0.05, 0) is 54.6 Å². The lowest BCUT2D eigenvalue weighted by Gasteiger charge is -2.36. The summed E-state index contributed by atoms with van der Waals surface area (Å²) < 4.78 is 5.82. The molecule has 6 nitrogen and oxygen atoms in total. The van der Waals surface area contributed by atoms with E-state index in [2.05, 4.69) is 10.2 Å². The van der Waals surface area contributed by atoms with E-state index in [1.807, 2.05) is 60.4 Å². The summed E-state index contributed by atoms with van der Waals surface area (Å²) >= 11 is 5.94. The second kappa shape index (κ2) is 10.4. The lowest BCUT2D eigenvalue weighted by Crippen LogP contribution is -2.48. The van der Waals surface area contributed by atoms with Crippen molar-refractivity contribution in [3.63, 3.8) is 0 Å². The van der Waals surface area contributed by atoms with Crippen LogP contribution in [-0.4, -0.2) is 42.9 Å². The van der Waals surface area contributed by atoms with Gasteiger partial charge in [-0.1, -0.05) is 30.7 Å². The molecule has 2 heterocycles. The zero-order chi connectivity index (χ0) is 23.2. The van der Waals surface area contributed by atoms with Gasteiger partial charge in [0, 0.05) is 49.3 Å². The number of amides is 2. The maximum absolute atomic E-state index is 12.6. The maximum Gasteiger partial charge on any atom is 0.248 e. The van der Waals surface area contributed by atoms with Crippen molar-refractivity contribution in [3.8, 4) is 11.3 Å². The summed E-state index contributed by atoms with van der Waals surface area (Å²) in [5.41, 5.74) is 2.60. The molecule has 1 aliphatic rings. The molecule has 0 unspecified atom stereocenters. The summed E-state index contributed by atoms with van der Waals surface area (Å²) in [5.74, 6) is 1.23. The predicted octanol–water partition coefficient (Wildman–Crippen LogP) is 5.31. The smallest absolute Gasteiger partial charge is 0.248 e. The number of nitrogens with zero attached hydrogens (tertiary/aromatic N) is 2. The number of para-hydroxylation sites is 2. The summed E-state index contributed by atoms with van der Waals surface area (Å²) in [4.78, 5) is 28.6. The van der Waals surface area contributed by atoms with E-state index < -0.39 is 0 Å². The van der Waals surface area contributed by atoms with Crippen LogP contribution < -0.4 is 10.2 Å². The van der Waals surface area contributed by atoms with Crippen molar-refractivity contribution in [1.82, 2.24) is 4.90 Å². The fourth-order valence-electron chi connectivity index (χ4n) is 3.82. The highest BCUT2D eigenvalue weighted by Gasteiger charge is 2.21. The number of carbonyl (C=O) groups excluding carboxylic acids is 2. The monoisotopic (exact) mass is 463 g/mol. The molecule has 0 spiro atoms. The zero-order valence-corrected chi connectivity index (χ0v) is 19.2. The third-order valence-electron chi connectivity index (χ3n) is 5.59. The van der Waals surface area contributed by atoms with Crippen LogP contribution in [0.25, 0.3) is 17.4 Å². The van der Waals surface area contributed by atoms with E-state index in [0.29, 0.717) is 36.1 Å². The molecule has 170 valence electrons. The number of anilines is 2. The number of hydrogen-bond acceptors (Lipinski definition) is 4. The average Bonchev–Trinajstić information content (AvgIpc) is 3.32. The molecule has 2 aromatic carbocycles. The van der Waals surface area contributed by atoms with Gasteiger partial charge in [-0.3, -0.25) is 9.59 Å². The van der Waals surface area contributed by atoms with E-state index in [4.69, 9.17) is 16.0 Å². The van der Waals surface area contributed by atoms with Crippen molar-refractivity contribution >= 4 is 40.9 Å². The first-order valence-electron chi connectivity index (χ1n) is 11.0. The van der Waals surface area contributed by atoms with Crippen molar-refractivity contribution in [2.24, 2.45) is 0 Å². The van der Waals surface area contributed by atoms with Gasteiger partial charge < -0.3 is 19.5 Å². The summed E-state index contributed by atoms with van der Waals surface area (Å²) in [7, 11) is 0. The molecule has 3 aromatic rings. The number of nitrogens with one attached hydrogen (secondary N) is 1. The number of rotatable bonds is 6. The zero-order valence-electron chi connectivity index (χ0n) is 18.5. The largest absolute Gasteiger partial charge is 0.457 e. The molecule has 1 fully saturated rings. The Bertz CT molecular complexity index is 1150. The number of carbonyl (C=O) groups is 2. The minimum absolute atomic E-state index is 0.179. The topological polar surface area (TPSA) is 65.8 Å². The highest BCUT2D eigenvalue weighted by atomic mass is 35.5. The summed E-state index contributed by atoms with van der Waals surface area (Å²) in [6.45, 7) is 4.71. The van der Waals surface area contributed by atoms with Crippen LogP contribution in [0.1, 0.15) is 19.1 Å². The van der Waals surface area contributed by atoms with Gasteiger partial charge in [-0.2, -0.15) is 0 Å². The molecule has 2 amide bonds. The van der Waals surface area contributed by atoms with Gasteiger partial charge >= 0.3 is 0 Å². The highest BCUT2D eigenvalue weighted by Crippen LogP contribution is 2.27. The first-order chi connectivity index (χ1) is 16.0. The Balaban J connectivity index is 1.39. The van der Waals surface area contributed by atoms with E-state index in [0.717, 1.165) is 30.0 Å². The van der Waals surface area contributed by atoms with E-state index >= 15 is 0 Å². The number of furan rings is 1. The molecule has 4 rings (SSSR count). The van der Waals surface area contributed by atoms with Gasteiger partial charge in [-0.25, -0.2) is 0 Å².